The normalized spacial score (nSPS) is 16.3. The number of piperazine rings is 1. The van der Waals surface area contributed by atoms with Crippen molar-refractivity contribution in [3.63, 3.8) is 0 Å². The SMILES string of the molecule is Cc1nn(C)c(N(C)CCN2CCNCC2)c1C#N. The van der Waals surface area contributed by atoms with Crippen molar-refractivity contribution in [2.45, 2.75) is 6.92 Å². The largest absolute Gasteiger partial charge is 0.358 e. The van der Waals surface area contributed by atoms with Gasteiger partial charge in [-0.2, -0.15) is 10.4 Å². The Morgan fingerprint density at radius 1 is 1.42 bits per heavy atom. The second-order valence-electron chi connectivity index (χ2n) is 5.03. The minimum absolute atomic E-state index is 0.685. The molecule has 0 atom stereocenters. The fourth-order valence-electron chi connectivity index (χ4n) is 2.55. The maximum Gasteiger partial charge on any atom is 0.144 e. The lowest BCUT2D eigenvalue weighted by atomic mass is 10.2. The molecular weight excluding hydrogens is 240 g/mol. The van der Waals surface area contributed by atoms with E-state index in [-0.39, 0.29) is 0 Å². The molecule has 1 aromatic rings. The van der Waals surface area contributed by atoms with Gasteiger partial charge in [0.2, 0.25) is 0 Å². The van der Waals surface area contributed by atoms with Crippen LogP contribution < -0.4 is 10.2 Å². The lowest BCUT2D eigenvalue weighted by Gasteiger charge is -2.29. The zero-order chi connectivity index (χ0) is 13.8. The molecule has 0 aliphatic carbocycles. The van der Waals surface area contributed by atoms with Crippen LogP contribution in [0.3, 0.4) is 0 Å². The average Bonchev–Trinajstić information content (AvgIpc) is 2.71. The summed E-state index contributed by atoms with van der Waals surface area (Å²) in [7, 11) is 3.92. The molecular formula is C13H22N6. The molecule has 1 N–H and O–H groups in total. The molecule has 1 aromatic heterocycles. The maximum absolute atomic E-state index is 9.23. The third-order valence-corrected chi connectivity index (χ3v) is 3.63. The standard InChI is InChI=1S/C13H22N6/c1-11-12(10-14)13(18(3)16-11)17(2)8-9-19-6-4-15-5-7-19/h15H,4-9H2,1-3H3. The van der Waals surface area contributed by atoms with Gasteiger partial charge in [0.15, 0.2) is 0 Å². The number of nitriles is 1. The van der Waals surface area contributed by atoms with Gasteiger partial charge in [0.25, 0.3) is 0 Å². The molecule has 0 saturated carbocycles. The zero-order valence-corrected chi connectivity index (χ0v) is 12.0. The number of likely N-dealkylation sites (N-methyl/N-ethyl adjacent to an activating group) is 1. The molecule has 0 aromatic carbocycles. The molecule has 1 fully saturated rings. The number of hydrogen-bond acceptors (Lipinski definition) is 5. The lowest BCUT2D eigenvalue weighted by Crippen LogP contribution is -2.46. The summed E-state index contributed by atoms with van der Waals surface area (Å²) >= 11 is 0. The Morgan fingerprint density at radius 2 is 2.11 bits per heavy atom. The minimum atomic E-state index is 0.685. The van der Waals surface area contributed by atoms with Gasteiger partial charge in [-0.15, -0.1) is 0 Å². The second kappa shape index (κ2) is 6.04. The highest BCUT2D eigenvalue weighted by Gasteiger charge is 2.17. The quantitative estimate of drug-likeness (QED) is 0.824. The molecule has 6 nitrogen and oxygen atoms in total. The fraction of sp³-hybridized carbons (Fsp3) is 0.692. The Labute approximate surface area is 114 Å². The smallest absolute Gasteiger partial charge is 0.144 e. The zero-order valence-electron chi connectivity index (χ0n) is 12.0. The summed E-state index contributed by atoms with van der Waals surface area (Å²) in [6.45, 7) is 8.15. The topological polar surface area (TPSA) is 60.1 Å². The van der Waals surface area contributed by atoms with Crippen LogP contribution in [0.4, 0.5) is 5.82 Å². The van der Waals surface area contributed by atoms with Gasteiger partial charge in [-0.1, -0.05) is 0 Å². The fourth-order valence-corrected chi connectivity index (χ4v) is 2.55. The first-order chi connectivity index (χ1) is 9.13. The van der Waals surface area contributed by atoms with Crippen LogP contribution >= 0.6 is 0 Å². The number of nitrogens with zero attached hydrogens (tertiary/aromatic N) is 5. The lowest BCUT2D eigenvalue weighted by molar-refractivity contribution is 0.246. The van der Waals surface area contributed by atoms with Gasteiger partial charge < -0.3 is 10.2 Å². The average molecular weight is 262 g/mol. The van der Waals surface area contributed by atoms with Crippen molar-refractivity contribution in [3.8, 4) is 6.07 Å². The monoisotopic (exact) mass is 262 g/mol. The molecule has 0 spiro atoms. The summed E-state index contributed by atoms with van der Waals surface area (Å²) in [4.78, 5) is 4.57. The van der Waals surface area contributed by atoms with Gasteiger partial charge in [0, 0.05) is 53.4 Å². The molecule has 0 bridgehead atoms. The van der Waals surface area contributed by atoms with Gasteiger partial charge in [0.05, 0.1) is 5.69 Å². The highest BCUT2D eigenvalue weighted by Crippen LogP contribution is 2.20. The van der Waals surface area contributed by atoms with E-state index in [1.54, 1.807) is 4.68 Å². The molecule has 1 aliphatic heterocycles. The van der Waals surface area contributed by atoms with E-state index in [2.05, 4.69) is 26.3 Å². The molecule has 0 radical (unpaired) electrons. The van der Waals surface area contributed by atoms with E-state index in [1.807, 2.05) is 21.0 Å². The van der Waals surface area contributed by atoms with E-state index in [0.29, 0.717) is 5.56 Å². The van der Waals surface area contributed by atoms with Gasteiger partial charge in [0.1, 0.15) is 17.5 Å². The molecule has 19 heavy (non-hydrogen) atoms. The van der Waals surface area contributed by atoms with Crippen LogP contribution in [-0.4, -0.2) is 61.0 Å². The van der Waals surface area contributed by atoms with E-state index in [9.17, 15) is 5.26 Å². The Balaban J connectivity index is 1.99. The molecule has 1 aliphatic rings. The predicted octanol–water partition coefficient (Wildman–Crippen LogP) is -0.0584. The highest BCUT2D eigenvalue weighted by molar-refractivity contribution is 5.56. The highest BCUT2D eigenvalue weighted by atomic mass is 15.4. The number of aromatic nitrogens is 2. The first-order valence-corrected chi connectivity index (χ1v) is 6.71. The van der Waals surface area contributed by atoms with Crippen LogP contribution in [-0.2, 0) is 7.05 Å². The van der Waals surface area contributed by atoms with Crippen molar-refractivity contribution >= 4 is 5.82 Å². The summed E-state index contributed by atoms with van der Waals surface area (Å²) in [6, 6.07) is 2.25. The van der Waals surface area contributed by atoms with Crippen molar-refractivity contribution in [2.75, 3.05) is 51.2 Å². The van der Waals surface area contributed by atoms with Crippen LogP contribution in [0.5, 0.6) is 0 Å². The van der Waals surface area contributed by atoms with Gasteiger partial charge in [-0.05, 0) is 6.92 Å². The maximum atomic E-state index is 9.23. The minimum Gasteiger partial charge on any atom is -0.358 e. The van der Waals surface area contributed by atoms with E-state index in [0.717, 1.165) is 50.8 Å². The van der Waals surface area contributed by atoms with Crippen molar-refractivity contribution < 1.29 is 0 Å². The van der Waals surface area contributed by atoms with Gasteiger partial charge in [-0.3, -0.25) is 9.58 Å². The number of hydrogen-bond donors (Lipinski definition) is 1. The number of anilines is 1. The second-order valence-corrected chi connectivity index (χ2v) is 5.03. The van der Waals surface area contributed by atoms with Crippen molar-refractivity contribution in [2.24, 2.45) is 7.05 Å². The molecule has 2 rings (SSSR count). The number of nitrogens with one attached hydrogen (secondary N) is 1. The van der Waals surface area contributed by atoms with Crippen LogP contribution in [0.1, 0.15) is 11.3 Å². The van der Waals surface area contributed by atoms with Gasteiger partial charge in [-0.25, -0.2) is 0 Å². The Morgan fingerprint density at radius 3 is 2.74 bits per heavy atom. The molecule has 104 valence electrons. The molecule has 6 heteroatoms. The van der Waals surface area contributed by atoms with Crippen LogP contribution in [0, 0.1) is 18.3 Å². The molecule has 0 unspecified atom stereocenters. The molecule has 2 heterocycles. The van der Waals surface area contributed by atoms with E-state index in [4.69, 9.17) is 0 Å². The number of rotatable bonds is 4. The summed E-state index contributed by atoms with van der Waals surface area (Å²) in [5, 5.41) is 16.9. The summed E-state index contributed by atoms with van der Waals surface area (Å²) in [5.41, 5.74) is 1.49. The Bertz CT molecular complexity index is 466. The molecule has 1 saturated heterocycles. The van der Waals surface area contributed by atoms with Crippen molar-refractivity contribution in [1.82, 2.24) is 20.0 Å². The number of aryl methyl sites for hydroxylation is 2. The Kier molecular flexibility index (Phi) is 4.40. The van der Waals surface area contributed by atoms with Crippen molar-refractivity contribution in [1.29, 1.82) is 5.26 Å². The summed E-state index contributed by atoms with van der Waals surface area (Å²) < 4.78 is 1.80. The molecule has 0 amide bonds. The van der Waals surface area contributed by atoms with Crippen LogP contribution in [0.25, 0.3) is 0 Å². The summed E-state index contributed by atoms with van der Waals surface area (Å²) in [6.07, 6.45) is 0. The predicted molar refractivity (Wildman–Crippen MR) is 75.2 cm³/mol. The van der Waals surface area contributed by atoms with Crippen LogP contribution in [0.15, 0.2) is 0 Å². The first kappa shape index (κ1) is 13.8. The summed E-state index contributed by atoms with van der Waals surface area (Å²) in [5.74, 6) is 0.912. The third-order valence-electron chi connectivity index (χ3n) is 3.63. The van der Waals surface area contributed by atoms with Crippen LogP contribution in [0.2, 0.25) is 0 Å². The van der Waals surface area contributed by atoms with Gasteiger partial charge >= 0.3 is 0 Å². The first-order valence-electron chi connectivity index (χ1n) is 6.71. The van der Waals surface area contributed by atoms with E-state index < -0.39 is 0 Å². The van der Waals surface area contributed by atoms with E-state index >= 15 is 0 Å². The van der Waals surface area contributed by atoms with Crippen molar-refractivity contribution in [3.05, 3.63) is 11.3 Å². The Hall–Kier alpha value is -1.58. The van der Waals surface area contributed by atoms with E-state index in [1.165, 1.54) is 0 Å². The third kappa shape index (κ3) is 3.06.